The molecular weight excluding hydrogens is 362 g/mol. The fourth-order valence-corrected chi connectivity index (χ4v) is 3.57. The molecule has 3 N–H and O–H groups in total. The van der Waals surface area contributed by atoms with Gasteiger partial charge in [-0.2, -0.15) is 0 Å². The standard InChI is InChI=1S/C17H16ClN3O3S/c18-12-5-7-13(8-6-12)25(23,24)21-10-9-19-17(22)15-11-20-16-4-2-1-3-14(15)16/h1-8,11,20-21H,9-10H2,(H,19,22). The largest absolute Gasteiger partial charge is 0.360 e. The zero-order valence-electron chi connectivity index (χ0n) is 13.1. The first-order valence-corrected chi connectivity index (χ1v) is 9.43. The average molecular weight is 378 g/mol. The summed E-state index contributed by atoms with van der Waals surface area (Å²) in [4.78, 5) is 15.4. The second kappa shape index (κ2) is 7.26. The summed E-state index contributed by atoms with van der Waals surface area (Å²) in [6, 6.07) is 13.3. The third-order valence-electron chi connectivity index (χ3n) is 3.66. The number of halogens is 1. The Morgan fingerprint density at radius 3 is 2.52 bits per heavy atom. The molecule has 130 valence electrons. The van der Waals surface area contributed by atoms with Crippen molar-refractivity contribution in [3.63, 3.8) is 0 Å². The fraction of sp³-hybridized carbons (Fsp3) is 0.118. The molecule has 0 spiro atoms. The second-order valence-electron chi connectivity index (χ2n) is 5.36. The van der Waals surface area contributed by atoms with Crippen LogP contribution in [0.15, 0.2) is 59.6 Å². The number of hydrogen-bond acceptors (Lipinski definition) is 3. The number of carbonyl (C=O) groups is 1. The summed E-state index contributed by atoms with van der Waals surface area (Å²) in [6.07, 6.45) is 1.64. The number of hydrogen-bond donors (Lipinski definition) is 3. The fourth-order valence-electron chi connectivity index (χ4n) is 2.41. The van der Waals surface area contributed by atoms with Crippen LogP contribution in [0.1, 0.15) is 10.4 Å². The van der Waals surface area contributed by atoms with Gasteiger partial charge < -0.3 is 10.3 Å². The molecule has 8 heteroatoms. The maximum Gasteiger partial charge on any atom is 0.253 e. The molecule has 0 atom stereocenters. The Kier molecular flexibility index (Phi) is 5.08. The number of benzene rings is 2. The Hall–Kier alpha value is -2.35. The molecule has 25 heavy (non-hydrogen) atoms. The number of amides is 1. The van der Waals surface area contributed by atoms with Crippen molar-refractivity contribution in [2.24, 2.45) is 0 Å². The Bertz CT molecular complexity index is 997. The molecule has 0 radical (unpaired) electrons. The lowest BCUT2D eigenvalue weighted by molar-refractivity contribution is 0.0956. The lowest BCUT2D eigenvalue weighted by atomic mass is 10.1. The quantitative estimate of drug-likeness (QED) is 0.576. The van der Waals surface area contributed by atoms with Crippen LogP contribution < -0.4 is 10.0 Å². The summed E-state index contributed by atoms with van der Waals surface area (Å²) < 4.78 is 26.7. The number of H-pyrrole nitrogens is 1. The van der Waals surface area contributed by atoms with Crippen LogP contribution in [0.25, 0.3) is 10.9 Å². The Balaban J connectivity index is 1.56. The second-order valence-corrected chi connectivity index (χ2v) is 7.56. The molecular formula is C17H16ClN3O3S. The number of rotatable bonds is 6. The van der Waals surface area contributed by atoms with Gasteiger partial charge in [-0.25, -0.2) is 13.1 Å². The molecule has 6 nitrogen and oxygen atoms in total. The van der Waals surface area contributed by atoms with E-state index in [2.05, 4.69) is 15.0 Å². The van der Waals surface area contributed by atoms with Gasteiger partial charge in [-0.1, -0.05) is 29.8 Å². The minimum absolute atomic E-state index is 0.0824. The minimum atomic E-state index is -3.63. The zero-order chi connectivity index (χ0) is 17.9. The van der Waals surface area contributed by atoms with Crippen LogP contribution in [0.5, 0.6) is 0 Å². The number of para-hydroxylation sites is 1. The van der Waals surface area contributed by atoms with Gasteiger partial charge in [0.25, 0.3) is 5.91 Å². The third kappa shape index (κ3) is 4.01. The van der Waals surface area contributed by atoms with E-state index < -0.39 is 10.0 Å². The van der Waals surface area contributed by atoms with Crippen molar-refractivity contribution in [1.29, 1.82) is 0 Å². The highest BCUT2D eigenvalue weighted by molar-refractivity contribution is 7.89. The average Bonchev–Trinajstić information content (AvgIpc) is 3.03. The predicted octanol–water partition coefficient (Wildman–Crippen LogP) is 2.53. The van der Waals surface area contributed by atoms with Gasteiger partial charge in [-0.3, -0.25) is 4.79 Å². The smallest absolute Gasteiger partial charge is 0.253 e. The summed E-state index contributed by atoms with van der Waals surface area (Å²) in [6.45, 7) is 0.254. The molecule has 0 saturated carbocycles. The number of sulfonamides is 1. The number of nitrogens with one attached hydrogen (secondary N) is 3. The van der Waals surface area contributed by atoms with Crippen molar-refractivity contribution in [1.82, 2.24) is 15.0 Å². The summed E-state index contributed by atoms with van der Waals surface area (Å²) in [5.74, 6) is -0.261. The molecule has 1 amide bonds. The molecule has 0 aliphatic rings. The van der Waals surface area contributed by atoms with Crippen molar-refractivity contribution in [3.8, 4) is 0 Å². The van der Waals surface area contributed by atoms with Gasteiger partial charge in [-0.05, 0) is 30.3 Å². The first-order valence-electron chi connectivity index (χ1n) is 7.57. The van der Waals surface area contributed by atoms with Crippen LogP contribution in [0.3, 0.4) is 0 Å². The number of fused-ring (bicyclic) bond motifs is 1. The molecule has 0 unspecified atom stereocenters. The van der Waals surface area contributed by atoms with Crippen LogP contribution in [0.2, 0.25) is 5.02 Å². The van der Waals surface area contributed by atoms with Crippen LogP contribution in [0, 0.1) is 0 Å². The summed E-state index contributed by atoms with van der Waals surface area (Å²) >= 11 is 5.75. The Morgan fingerprint density at radius 2 is 1.76 bits per heavy atom. The molecule has 3 rings (SSSR count). The predicted molar refractivity (Wildman–Crippen MR) is 97.3 cm³/mol. The van der Waals surface area contributed by atoms with Gasteiger partial charge in [-0.15, -0.1) is 0 Å². The van der Waals surface area contributed by atoms with E-state index in [1.165, 1.54) is 24.3 Å². The lowest BCUT2D eigenvalue weighted by Gasteiger charge is -2.08. The topological polar surface area (TPSA) is 91.1 Å². The molecule has 0 fully saturated rings. The molecule has 0 bridgehead atoms. The molecule has 1 aromatic heterocycles. The van der Waals surface area contributed by atoms with Gasteiger partial charge in [0, 0.05) is 35.2 Å². The molecule has 0 saturated heterocycles. The van der Waals surface area contributed by atoms with Gasteiger partial charge in [0.1, 0.15) is 0 Å². The number of aromatic nitrogens is 1. The molecule has 3 aromatic rings. The van der Waals surface area contributed by atoms with E-state index in [1.54, 1.807) is 6.20 Å². The van der Waals surface area contributed by atoms with E-state index in [0.29, 0.717) is 10.6 Å². The van der Waals surface area contributed by atoms with Crippen molar-refractivity contribution in [3.05, 3.63) is 65.3 Å². The van der Waals surface area contributed by atoms with E-state index in [0.717, 1.165) is 10.9 Å². The van der Waals surface area contributed by atoms with Gasteiger partial charge >= 0.3 is 0 Å². The first-order chi connectivity index (χ1) is 12.0. The van der Waals surface area contributed by atoms with Crippen LogP contribution in [-0.2, 0) is 10.0 Å². The Morgan fingerprint density at radius 1 is 1.04 bits per heavy atom. The monoisotopic (exact) mass is 377 g/mol. The third-order valence-corrected chi connectivity index (χ3v) is 5.39. The molecule has 0 aliphatic carbocycles. The summed E-state index contributed by atoms with van der Waals surface area (Å²) in [5.41, 5.74) is 1.40. The van der Waals surface area contributed by atoms with E-state index in [4.69, 9.17) is 11.6 Å². The van der Waals surface area contributed by atoms with Crippen molar-refractivity contribution in [2.75, 3.05) is 13.1 Å². The molecule has 1 heterocycles. The Labute approximate surface area is 150 Å². The highest BCUT2D eigenvalue weighted by Gasteiger charge is 2.14. The molecule has 0 aliphatic heterocycles. The number of aromatic amines is 1. The van der Waals surface area contributed by atoms with Crippen LogP contribution in [0.4, 0.5) is 0 Å². The highest BCUT2D eigenvalue weighted by Crippen LogP contribution is 2.17. The molecule has 2 aromatic carbocycles. The maximum atomic E-state index is 12.2. The SMILES string of the molecule is O=C(NCCNS(=O)(=O)c1ccc(Cl)cc1)c1c[nH]c2ccccc12. The zero-order valence-corrected chi connectivity index (χ0v) is 14.7. The van der Waals surface area contributed by atoms with Crippen LogP contribution >= 0.6 is 11.6 Å². The maximum absolute atomic E-state index is 12.2. The van der Waals surface area contributed by atoms with Gasteiger partial charge in [0.2, 0.25) is 10.0 Å². The van der Waals surface area contributed by atoms with E-state index >= 15 is 0 Å². The number of carbonyl (C=O) groups excluding carboxylic acids is 1. The minimum Gasteiger partial charge on any atom is -0.360 e. The van der Waals surface area contributed by atoms with E-state index in [9.17, 15) is 13.2 Å². The van der Waals surface area contributed by atoms with Crippen LogP contribution in [-0.4, -0.2) is 32.4 Å². The highest BCUT2D eigenvalue weighted by atomic mass is 35.5. The summed E-state index contributed by atoms with van der Waals surface area (Å²) in [7, 11) is -3.63. The normalized spacial score (nSPS) is 11.6. The van der Waals surface area contributed by atoms with E-state index in [-0.39, 0.29) is 23.9 Å². The van der Waals surface area contributed by atoms with Crippen molar-refractivity contribution in [2.45, 2.75) is 4.90 Å². The van der Waals surface area contributed by atoms with Gasteiger partial charge in [0.05, 0.1) is 10.5 Å². The van der Waals surface area contributed by atoms with Gasteiger partial charge in [0.15, 0.2) is 0 Å². The summed E-state index contributed by atoms with van der Waals surface area (Å²) in [5, 5.41) is 3.99. The van der Waals surface area contributed by atoms with Crippen molar-refractivity contribution >= 4 is 38.4 Å². The lowest BCUT2D eigenvalue weighted by Crippen LogP contribution is -2.34. The van der Waals surface area contributed by atoms with Crippen molar-refractivity contribution < 1.29 is 13.2 Å². The van der Waals surface area contributed by atoms with E-state index in [1.807, 2.05) is 24.3 Å². The first kappa shape index (κ1) is 17.5.